The molecule has 2 fully saturated rings. The van der Waals surface area contributed by atoms with Crippen LogP contribution in [0.3, 0.4) is 0 Å². The van der Waals surface area contributed by atoms with E-state index < -0.39 is 0 Å². The molecule has 0 radical (unpaired) electrons. The van der Waals surface area contributed by atoms with Crippen LogP contribution in [-0.4, -0.2) is 50.3 Å². The number of morpholine rings is 1. The number of hydrogen-bond acceptors (Lipinski definition) is 3. The molecule has 6 heteroatoms. The highest BCUT2D eigenvalue weighted by atomic mass is 19.1. The van der Waals surface area contributed by atoms with E-state index in [0.29, 0.717) is 25.0 Å². The van der Waals surface area contributed by atoms with E-state index in [9.17, 15) is 4.39 Å². The summed E-state index contributed by atoms with van der Waals surface area (Å²) in [7, 11) is 0. The zero-order valence-corrected chi connectivity index (χ0v) is 14.8. The van der Waals surface area contributed by atoms with Crippen molar-refractivity contribution >= 4 is 11.6 Å². The van der Waals surface area contributed by atoms with Gasteiger partial charge in [0.05, 0.1) is 13.2 Å². The molecule has 3 rings (SSSR count). The molecule has 5 nitrogen and oxygen atoms in total. The van der Waals surface area contributed by atoms with Gasteiger partial charge in [0.1, 0.15) is 5.82 Å². The van der Waals surface area contributed by atoms with Gasteiger partial charge in [0.25, 0.3) is 0 Å². The molecule has 0 aromatic heterocycles. The first-order chi connectivity index (χ1) is 12.2. The molecule has 1 aliphatic carbocycles. The molecule has 0 spiro atoms. The molecule has 1 aromatic carbocycles. The molecule has 1 aromatic rings. The summed E-state index contributed by atoms with van der Waals surface area (Å²) in [5, 5.41) is 3.31. The van der Waals surface area contributed by atoms with E-state index in [1.807, 2.05) is 6.07 Å². The number of halogens is 1. The van der Waals surface area contributed by atoms with Gasteiger partial charge in [0.2, 0.25) is 0 Å². The Bertz CT molecular complexity index is 574. The van der Waals surface area contributed by atoms with Crippen molar-refractivity contribution in [2.24, 2.45) is 22.6 Å². The quantitative estimate of drug-likeness (QED) is 0.649. The fourth-order valence-electron chi connectivity index (χ4n) is 3.69. The third-order valence-corrected chi connectivity index (χ3v) is 5.12. The molecule has 1 saturated carbocycles. The molecule has 3 N–H and O–H groups in total. The van der Waals surface area contributed by atoms with Crippen molar-refractivity contribution in [1.29, 1.82) is 0 Å². The second kappa shape index (κ2) is 9.15. The Morgan fingerprint density at radius 1 is 1.28 bits per heavy atom. The molecule has 1 saturated heterocycles. The highest BCUT2D eigenvalue weighted by Gasteiger charge is 2.22. The first kappa shape index (κ1) is 18.1. The highest BCUT2D eigenvalue weighted by Crippen LogP contribution is 2.28. The fraction of sp³-hybridized carbons (Fsp3) is 0.632. The molecule has 138 valence electrons. The Kier molecular flexibility index (Phi) is 6.64. The van der Waals surface area contributed by atoms with Gasteiger partial charge in [-0.3, -0.25) is 4.99 Å². The molecule has 1 heterocycles. The summed E-state index contributed by atoms with van der Waals surface area (Å²) in [6.45, 7) is 4.57. The van der Waals surface area contributed by atoms with Crippen molar-refractivity contribution in [1.82, 2.24) is 4.90 Å². The van der Waals surface area contributed by atoms with Crippen molar-refractivity contribution < 1.29 is 9.13 Å². The van der Waals surface area contributed by atoms with Crippen LogP contribution >= 0.6 is 0 Å². The minimum atomic E-state index is -0.246. The number of nitrogens with two attached hydrogens (primary N) is 1. The van der Waals surface area contributed by atoms with Crippen LogP contribution in [-0.2, 0) is 4.74 Å². The lowest BCUT2D eigenvalue weighted by Gasteiger charge is -2.31. The van der Waals surface area contributed by atoms with Gasteiger partial charge in [-0.2, -0.15) is 0 Å². The molecule has 2 unspecified atom stereocenters. The van der Waals surface area contributed by atoms with Crippen LogP contribution in [0, 0.1) is 17.7 Å². The van der Waals surface area contributed by atoms with Crippen LogP contribution in [0.4, 0.5) is 10.1 Å². The number of benzene rings is 1. The number of nitrogens with zero attached hydrogens (tertiary/aromatic N) is 2. The van der Waals surface area contributed by atoms with E-state index >= 15 is 0 Å². The third kappa shape index (κ3) is 5.41. The summed E-state index contributed by atoms with van der Waals surface area (Å²) in [6.07, 6.45) is 4.87. The van der Waals surface area contributed by atoms with Gasteiger partial charge < -0.3 is 20.7 Å². The summed E-state index contributed by atoms with van der Waals surface area (Å²) in [5.41, 5.74) is 6.58. The van der Waals surface area contributed by atoms with Crippen LogP contribution in [0.15, 0.2) is 29.3 Å². The predicted octanol–water partition coefficient (Wildman–Crippen LogP) is 2.69. The van der Waals surface area contributed by atoms with Crippen molar-refractivity contribution in [3.63, 3.8) is 0 Å². The van der Waals surface area contributed by atoms with E-state index in [4.69, 9.17) is 15.5 Å². The van der Waals surface area contributed by atoms with Crippen LogP contribution in [0.2, 0.25) is 0 Å². The molecule has 0 amide bonds. The smallest absolute Gasteiger partial charge is 0.198 e. The topological polar surface area (TPSA) is 62.9 Å². The Morgan fingerprint density at radius 3 is 2.84 bits per heavy atom. The molecule has 1 aliphatic heterocycles. The number of guanidine groups is 1. The van der Waals surface area contributed by atoms with Crippen molar-refractivity contribution in [2.45, 2.75) is 25.7 Å². The molecular weight excluding hydrogens is 319 g/mol. The predicted molar refractivity (Wildman–Crippen MR) is 99.2 cm³/mol. The number of nitrogens with one attached hydrogen (secondary N) is 1. The first-order valence-corrected chi connectivity index (χ1v) is 9.34. The van der Waals surface area contributed by atoms with Crippen LogP contribution in [0.5, 0.6) is 0 Å². The van der Waals surface area contributed by atoms with Gasteiger partial charge in [0.15, 0.2) is 5.96 Å². The zero-order valence-electron chi connectivity index (χ0n) is 14.8. The third-order valence-electron chi connectivity index (χ3n) is 5.12. The maximum atomic E-state index is 13.5. The minimum absolute atomic E-state index is 0.246. The monoisotopic (exact) mass is 348 g/mol. The second-order valence-corrected chi connectivity index (χ2v) is 7.03. The summed E-state index contributed by atoms with van der Waals surface area (Å²) in [4.78, 5) is 7.07. The van der Waals surface area contributed by atoms with Crippen molar-refractivity contribution in [3.05, 3.63) is 30.1 Å². The van der Waals surface area contributed by atoms with E-state index in [0.717, 1.165) is 44.2 Å². The lowest BCUT2D eigenvalue weighted by molar-refractivity contribution is 0.0678. The van der Waals surface area contributed by atoms with Crippen molar-refractivity contribution in [3.8, 4) is 0 Å². The van der Waals surface area contributed by atoms with Gasteiger partial charge in [-0.15, -0.1) is 0 Å². The Hall–Kier alpha value is -1.66. The van der Waals surface area contributed by atoms with Gasteiger partial charge in [0, 0.05) is 25.3 Å². The molecule has 2 aliphatic rings. The molecule has 2 atom stereocenters. The van der Waals surface area contributed by atoms with Crippen LogP contribution in [0.25, 0.3) is 0 Å². The number of ether oxygens (including phenoxy) is 1. The average molecular weight is 348 g/mol. The summed E-state index contributed by atoms with van der Waals surface area (Å²) in [6, 6.07) is 6.53. The second-order valence-electron chi connectivity index (χ2n) is 7.03. The Labute approximate surface area is 149 Å². The fourth-order valence-corrected chi connectivity index (χ4v) is 3.69. The largest absolute Gasteiger partial charge is 0.378 e. The van der Waals surface area contributed by atoms with E-state index in [1.54, 1.807) is 6.07 Å². The van der Waals surface area contributed by atoms with E-state index in [-0.39, 0.29) is 5.82 Å². The Balaban J connectivity index is 1.68. The van der Waals surface area contributed by atoms with Gasteiger partial charge >= 0.3 is 0 Å². The normalized spacial score (nSPS) is 25.0. The van der Waals surface area contributed by atoms with Crippen LogP contribution in [0.1, 0.15) is 25.7 Å². The standard InChI is InChI=1S/C19H29FN4O/c20-17-5-2-6-18(12-17)23-19(24-7-9-25-10-8-24)22-14-16-4-1-3-15(11-16)13-21/h2,5-6,12,15-16H,1,3-4,7-11,13-14,21H2,(H,22,23). The molecule has 0 bridgehead atoms. The summed E-state index contributed by atoms with van der Waals surface area (Å²) < 4.78 is 18.9. The lowest BCUT2D eigenvalue weighted by Crippen LogP contribution is -2.44. The van der Waals surface area contributed by atoms with Gasteiger partial charge in [-0.05, 0) is 55.8 Å². The Morgan fingerprint density at radius 2 is 2.08 bits per heavy atom. The van der Waals surface area contributed by atoms with E-state index in [2.05, 4.69) is 10.2 Å². The highest BCUT2D eigenvalue weighted by molar-refractivity contribution is 5.93. The van der Waals surface area contributed by atoms with Crippen LogP contribution < -0.4 is 11.1 Å². The average Bonchev–Trinajstić information content (AvgIpc) is 2.66. The number of aliphatic imine (C=N–C) groups is 1. The number of rotatable bonds is 4. The first-order valence-electron chi connectivity index (χ1n) is 9.34. The molecular formula is C19H29FN4O. The maximum Gasteiger partial charge on any atom is 0.198 e. The SMILES string of the molecule is NCC1CCCC(CN=C(Nc2cccc(F)c2)N2CCOCC2)C1. The van der Waals surface area contributed by atoms with Gasteiger partial charge in [-0.25, -0.2) is 4.39 Å². The maximum absolute atomic E-state index is 13.5. The number of hydrogen-bond donors (Lipinski definition) is 2. The van der Waals surface area contributed by atoms with E-state index in [1.165, 1.54) is 31.4 Å². The van der Waals surface area contributed by atoms with Gasteiger partial charge in [-0.1, -0.05) is 12.5 Å². The minimum Gasteiger partial charge on any atom is -0.378 e. The summed E-state index contributed by atoms with van der Waals surface area (Å²) in [5.74, 6) is 1.80. The summed E-state index contributed by atoms with van der Waals surface area (Å²) >= 11 is 0. The zero-order chi connectivity index (χ0) is 17.5. The number of anilines is 1. The lowest BCUT2D eigenvalue weighted by atomic mass is 9.81. The van der Waals surface area contributed by atoms with Crippen molar-refractivity contribution in [2.75, 3.05) is 44.7 Å². The molecule has 25 heavy (non-hydrogen) atoms.